The van der Waals surface area contributed by atoms with Crippen molar-refractivity contribution in [3.63, 3.8) is 0 Å². The van der Waals surface area contributed by atoms with Crippen molar-refractivity contribution in [2.24, 2.45) is 5.73 Å². The van der Waals surface area contributed by atoms with Gasteiger partial charge in [0.05, 0.1) is 7.11 Å². The molecule has 0 radical (unpaired) electrons. The number of nitrogens with two attached hydrogens (primary N) is 2. The molecule has 0 heterocycles. The van der Waals surface area contributed by atoms with Crippen LogP contribution in [-0.2, 0) is 5.41 Å². The number of allylic oxidation sites excluding steroid dienone is 3. The van der Waals surface area contributed by atoms with Crippen molar-refractivity contribution in [3.05, 3.63) is 48.1 Å². The molecule has 1 aromatic rings. The zero-order valence-corrected chi connectivity index (χ0v) is 10.0. The van der Waals surface area contributed by atoms with Crippen molar-refractivity contribution in [3.8, 4) is 5.75 Å². The SMILES string of the molecule is COc1ccc(N)c(C2(CN)C=CC=CC2)c1. The lowest BCUT2D eigenvalue weighted by atomic mass is 9.75. The van der Waals surface area contributed by atoms with Gasteiger partial charge in [-0.05, 0) is 30.2 Å². The van der Waals surface area contributed by atoms with Gasteiger partial charge in [0.15, 0.2) is 0 Å². The largest absolute Gasteiger partial charge is 0.497 e. The lowest BCUT2D eigenvalue weighted by Gasteiger charge is -2.31. The average molecular weight is 230 g/mol. The first kappa shape index (κ1) is 11.7. The summed E-state index contributed by atoms with van der Waals surface area (Å²) < 4.78 is 5.25. The maximum absolute atomic E-state index is 6.07. The Morgan fingerprint density at radius 1 is 1.35 bits per heavy atom. The lowest BCUT2D eigenvalue weighted by molar-refractivity contribution is 0.412. The predicted octanol–water partition coefficient (Wildman–Crippen LogP) is 1.99. The van der Waals surface area contributed by atoms with E-state index in [1.807, 2.05) is 30.4 Å². The summed E-state index contributed by atoms with van der Waals surface area (Å²) in [5, 5.41) is 0. The molecular formula is C14H18N2O. The Kier molecular flexibility index (Phi) is 3.20. The molecule has 2 rings (SSSR count). The number of rotatable bonds is 3. The van der Waals surface area contributed by atoms with E-state index in [1.165, 1.54) is 0 Å². The number of hydrogen-bond donors (Lipinski definition) is 2. The van der Waals surface area contributed by atoms with Crippen LogP contribution in [0.5, 0.6) is 5.75 Å². The molecule has 1 aliphatic rings. The number of benzene rings is 1. The van der Waals surface area contributed by atoms with Gasteiger partial charge in [0.1, 0.15) is 5.75 Å². The smallest absolute Gasteiger partial charge is 0.119 e. The van der Waals surface area contributed by atoms with Crippen molar-refractivity contribution in [2.75, 3.05) is 19.4 Å². The highest BCUT2D eigenvalue weighted by Gasteiger charge is 2.30. The number of methoxy groups -OCH3 is 1. The molecule has 0 amide bonds. The van der Waals surface area contributed by atoms with Crippen LogP contribution in [0.1, 0.15) is 12.0 Å². The molecule has 1 unspecified atom stereocenters. The highest BCUT2D eigenvalue weighted by Crippen LogP contribution is 2.37. The fourth-order valence-electron chi connectivity index (χ4n) is 2.22. The Balaban J connectivity index is 2.50. The minimum atomic E-state index is -0.201. The van der Waals surface area contributed by atoms with Crippen LogP contribution in [-0.4, -0.2) is 13.7 Å². The Morgan fingerprint density at radius 2 is 2.18 bits per heavy atom. The summed E-state index contributed by atoms with van der Waals surface area (Å²) in [6.07, 6.45) is 9.17. The average Bonchev–Trinajstić information content (AvgIpc) is 2.40. The van der Waals surface area contributed by atoms with Crippen LogP contribution in [0.2, 0.25) is 0 Å². The van der Waals surface area contributed by atoms with E-state index in [2.05, 4.69) is 12.2 Å². The van der Waals surface area contributed by atoms with Crippen molar-refractivity contribution in [1.82, 2.24) is 0 Å². The molecule has 0 fully saturated rings. The lowest BCUT2D eigenvalue weighted by Crippen LogP contribution is -2.34. The van der Waals surface area contributed by atoms with Gasteiger partial charge in [0, 0.05) is 17.6 Å². The van der Waals surface area contributed by atoms with Gasteiger partial charge in [-0.2, -0.15) is 0 Å². The Hall–Kier alpha value is -1.74. The molecule has 1 aromatic carbocycles. The number of hydrogen-bond acceptors (Lipinski definition) is 3. The standard InChI is InChI=1S/C14H18N2O/c1-17-11-5-6-13(16)12(9-11)14(10-15)7-3-2-4-8-14/h2-7,9H,8,10,15-16H2,1H3. The third kappa shape index (κ3) is 2.06. The zero-order chi connectivity index (χ0) is 12.3. The molecule has 0 aliphatic heterocycles. The first-order chi connectivity index (χ1) is 8.22. The second kappa shape index (κ2) is 4.63. The van der Waals surface area contributed by atoms with Crippen LogP contribution in [0.25, 0.3) is 0 Å². The number of nitrogen functional groups attached to an aromatic ring is 1. The van der Waals surface area contributed by atoms with Gasteiger partial charge in [-0.25, -0.2) is 0 Å². The third-order valence-electron chi connectivity index (χ3n) is 3.31. The van der Waals surface area contributed by atoms with Crippen molar-refractivity contribution >= 4 is 5.69 Å². The monoisotopic (exact) mass is 230 g/mol. The highest BCUT2D eigenvalue weighted by atomic mass is 16.5. The summed E-state index contributed by atoms with van der Waals surface area (Å²) in [6, 6.07) is 5.72. The van der Waals surface area contributed by atoms with Crippen molar-refractivity contribution in [2.45, 2.75) is 11.8 Å². The van der Waals surface area contributed by atoms with E-state index in [9.17, 15) is 0 Å². The first-order valence-electron chi connectivity index (χ1n) is 5.70. The zero-order valence-electron chi connectivity index (χ0n) is 10.0. The molecule has 90 valence electrons. The van der Waals surface area contributed by atoms with Crippen LogP contribution in [0.4, 0.5) is 5.69 Å². The van der Waals surface area contributed by atoms with E-state index in [1.54, 1.807) is 7.11 Å². The third-order valence-corrected chi connectivity index (χ3v) is 3.31. The molecule has 0 aromatic heterocycles. The number of ether oxygens (including phenoxy) is 1. The molecule has 3 heteroatoms. The van der Waals surface area contributed by atoms with Gasteiger partial charge < -0.3 is 16.2 Å². The second-order valence-corrected chi connectivity index (χ2v) is 4.30. The van der Waals surface area contributed by atoms with Crippen LogP contribution < -0.4 is 16.2 Å². The van der Waals surface area contributed by atoms with Crippen LogP contribution in [0, 0.1) is 0 Å². The molecule has 17 heavy (non-hydrogen) atoms. The summed E-state index contributed by atoms with van der Waals surface area (Å²) in [5.41, 5.74) is 13.6. The molecule has 0 saturated heterocycles. The first-order valence-corrected chi connectivity index (χ1v) is 5.70. The summed E-state index contributed by atoms with van der Waals surface area (Å²) in [5.74, 6) is 0.810. The van der Waals surface area contributed by atoms with Gasteiger partial charge in [-0.15, -0.1) is 0 Å². The topological polar surface area (TPSA) is 61.3 Å². The highest BCUT2D eigenvalue weighted by molar-refractivity contribution is 5.57. The summed E-state index contributed by atoms with van der Waals surface area (Å²) >= 11 is 0. The Bertz CT molecular complexity index is 465. The second-order valence-electron chi connectivity index (χ2n) is 4.30. The quantitative estimate of drug-likeness (QED) is 0.781. The fourth-order valence-corrected chi connectivity index (χ4v) is 2.22. The van der Waals surface area contributed by atoms with E-state index in [0.717, 1.165) is 23.4 Å². The molecule has 0 saturated carbocycles. The van der Waals surface area contributed by atoms with E-state index in [-0.39, 0.29) is 5.41 Å². The van der Waals surface area contributed by atoms with E-state index < -0.39 is 0 Å². The molecular weight excluding hydrogens is 212 g/mol. The molecule has 3 nitrogen and oxygen atoms in total. The molecule has 4 N–H and O–H groups in total. The Morgan fingerprint density at radius 3 is 2.76 bits per heavy atom. The van der Waals surface area contributed by atoms with Crippen LogP contribution in [0.15, 0.2) is 42.5 Å². The van der Waals surface area contributed by atoms with Gasteiger partial charge in [-0.1, -0.05) is 24.3 Å². The van der Waals surface area contributed by atoms with Crippen LogP contribution >= 0.6 is 0 Å². The maximum Gasteiger partial charge on any atom is 0.119 e. The number of anilines is 1. The minimum absolute atomic E-state index is 0.201. The molecule has 0 bridgehead atoms. The molecule has 1 atom stereocenters. The molecule has 0 spiro atoms. The Labute approximate surface area is 102 Å². The van der Waals surface area contributed by atoms with Crippen molar-refractivity contribution in [1.29, 1.82) is 0 Å². The van der Waals surface area contributed by atoms with Gasteiger partial charge >= 0.3 is 0 Å². The van der Waals surface area contributed by atoms with E-state index in [4.69, 9.17) is 16.2 Å². The van der Waals surface area contributed by atoms with Crippen molar-refractivity contribution < 1.29 is 4.74 Å². The summed E-state index contributed by atoms with van der Waals surface area (Å²) in [6.45, 7) is 0.533. The van der Waals surface area contributed by atoms with Gasteiger partial charge in [0.25, 0.3) is 0 Å². The van der Waals surface area contributed by atoms with Gasteiger partial charge in [0.2, 0.25) is 0 Å². The van der Waals surface area contributed by atoms with Gasteiger partial charge in [-0.3, -0.25) is 0 Å². The van der Waals surface area contributed by atoms with E-state index >= 15 is 0 Å². The fraction of sp³-hybridized carbons (Fsp3) is 0.286. The van der Waals surface area contributed by atoms with Crippen LogP contribution in [0.3, 0.4) is 0 Å². The maximum atomic E-state index is 6.07. The van der Waals surface area contributed by atoms with E-state index in [0.29, 0.717) is 6.54 Å². The predicted molar refractivity (Wildman–Crippen MR) is 71.0 cm³/mol. The summed E-state index contributed by atoms with van der Waals surface area (Å²) in [4.78, 5) is 0. The minimum Gasteiger partial charge on any atom is -0.497 e. The normalized spacial score (nSPS) is 22.7. The molecule has 1 aliphatic carbocycles. The summed E-state index contributed by atoms with van der Waals surface area (Å²) in [7, 11) is 1.65.